The third kappa shape index (κ3) is 5.62. The van der Waals surface area contributed by atoms with Crippen molar-refractivity contribution in [2.45, 2.75) is 19.4 Å². The molecule has 2 rings (SSSR count). The number of Topliss-reactive ketones (excluding diaryl/α,β-unsaturated/α-hetero) is 1. The van der Waals surface area contributed by atoms with Gasteiger partial charge >= 0.3 is 0 Å². The van der Waals surface area contributed by atoms with Crippen molar-refractivity contribution < 1.29 is 9.53 Å². The molecule has 2 aromatic rings. The SMILES string of the molecule is O=C(CCCOCc1ccc(Cl)cc1)c1ccc(Br)cc1. The molecule has 110 valence electrons. The van der Waals surface area contributed by atoms with Crippen LogP contribution in [0, 0.1) is 0 Å². The van der Waals surface area contributed by atoms with Crippen LogP contribution in [-0.2, 0) is 11.3 Å². The van der Waals surface area contributed by atoms with Crippen LogP contribution in [0.2, 0.25) is 5.02 Å². The first-order chi connectivity index (χ1) is 10.1. The third-order valence-corrected chi connectivity index (χ3v) is 3.82. The summed E-state index contributed by atoms with van der Waals surface area (Å²) in [6.45, 7) is 1.12. The van der Waals surface area contributed by atoms with Gasteiger partial charge in [-0.25, -0.2) is 0 Å². The van der Waals surface area contributed by atoms with E-state index in [0.717, 1.165) is 27.0 Å². The highest BCUT2D eigenvalue weighted by molar-refractivity contribution is 9.10. The van der Waals surface area contributed by atoms with Crippen molar-refractivity contribution in [3.63, 3.8) is 0 Å². The minimum absolute atomic E-state index is 0.151. The predicted molar refractivity (Wildman–Crippen MR) is 88.8 cm³/mol. The van der Waals surface area contributed by atoms with Gasteiger partial charge in [0.05, 0.1) is 6.61 Å². The number of halogens is 2. The fourth-order valence-electron chi connectivity index (χ4n) is 1.89. The van der Waals surface area contributed by atoms with Gasteiger partial charge in [-0.05, 0) is 36.2 Å². The van der Waals surface area contributed by atoms with E-state index in [-0.39, 0.29) is 5.78 Å². The average Bonchev–Trinajstić information content (AvgIpc) is 2.49. The second-order valence-corrected chi connectivity index (χ2v) is 6.06. The van der Waals surface area contributed by atoms with E-state index in [2.05, 4.69) is 15.9 Å². The fraction of sp³-hybridized carbons (Fsp3) is 0.235. The zero-order valence-corrected chi connectivity index (χ0v) is 13.9. The molecule has 0 aliphatic carbocycles. The first-order valence-electron chi connectivity index (χ1n) is 6.76. The lowest BCUT2D eigenvalue weighted by Gasteiger charge is -2.05. The van der Waals surface area contributed by atoms with E-state index in [1.54, 1.807) is 0 Å². The Bertz CT molecular complexity index is 579. The van der Waals surface area contributed by atoms with Crippen LogP contribution in [0.25, 0.3) is 0 Å². The van der Waals surface area contributed by atoms with Gasteiger partial charge in [-0.2, -0.15) is 0 Å². The minimum atomic E-state index is 0.151. The lowest BCUT2D eigenvalue weighted by Crippen LogP contribution is -2.02. The van der Waals surface area contributed by atoms with Crippen LogP contribution in [-0.4, -0.2) is 12.4 Å². The molecule has 0 spiro atoms. The van der Waals surface area contributed by atoms with Crippen molar-refractivity contribution in [1.82, 2.24) is 0 Å². The number of hydrogen-bond acceptors (Lipinski definition) is 2. The smallest absolute Gasteiger partial charge is 0.162 e. The normalized spacial score (nSPS) is 10.6. The summed E-state index contributed by atoms with van der Waals surface area (Å²) in [5.74, 6) is 0.151. The molecule has 0 atom stereocenters. The highest BCUT2D eigenvalue weighted by atomic mass is 79.9. The Kier molecular flexibility index (Phi) is 6.43. The summed E-state index contributed by atoms with van der Waals surface area (Å²) in [6, 6.07) is 15.0. The maximum atomic E-state index is 11.9. The van der Waals surface area contributed by atoms with E-state index in [1.165, 1.54) is 0 Å². The molecule has 2 nitrogen and oxygen atoms in total. The Morgan fingerprint density at radius 3 is 2.38 bits per heavy atom. The molecule has 0 aliphatic heterocycles. The van der Waals surface area contributed by atoms with Crippen LogP contribution in [0.5, 0.6) is 0 Å². The van der Waals surface area contributed by atoms with Crippen molar-refractivity contribution in [2.75, 3.05) is 6.61 Å². The molecule has 0 aromatic heterocycles. The largest absolute Gasteiger partial charge is 0.377 e. The van der Waals surface area contributed by atoms with Crippen LogP contribution in [0.1, 0.15) is 28.8 Å². The van der Waals surface area contributed by atoms with E-state index in [1.807, 2.05) is 48.5 Å². The van der Waals surface area contributed by atoms with Crippen molar-refractivity contribution in [3.05, 3.63) is 69.2 Å². The van der Waals surface area contributed by atoms with Gasteiger partial charge in [0.2, 0.25) is 0 Å². The Morgan fingerprint density at radius 1 is 1.05 bits per heavy atom. The summed E-state index contributed by atoms with van der Waals surface area (Å²) in [7, 11) is 0. The number of benzene rings is 2. The van der Waals surface area contributed by atoms with E-state index < -0.39 is 0 Å². The van der Waals surface area contributed by atoms with Gasteiger partial charge in [-0.3, -0.25) is 4.79 Å². The van der Waals surface area contributed by atoms with Crippen LogP contribution >= 0.6 is 27.5 Å². The molecule has 2 aromatic carbocycles. The van der Waals surface area contributed by atoms with Crippen LogP contribution in [0.15, 0.2) is 53.0 Å². The Balaban J connectivity index is 1.66. The lowest BCUT2D eigenvalue weighted by molar-refractivity contribution is 0.0919. The summed E-state index contributed by atoms with van der Waals surface area (Å²) in [6.07, 6.45) is 1.23. The molecule has 0 fully saturated rings. The molecular weight excluding hydrogens is 352 g/mol. The maximum Gasteiger partial charge on any atom is 0.162 e. The molecule has 0 saturated heterocycles. The number of hydrogen-bond donors (Lipinski definition) is 0. The van der Waals surface area contributed by atoms with E-state index in [9.17, 15) is 4.79 Å². The average molecular weight is 368 g/mol. The molecule has 0 bridgehead atoms. The number of ketones is 1. The van der Waals surface area contributed by atoms with Gasteiger partial charge in [0.25, 0.3) is 0 Å². The highest BCUT2D eigenvalue weighted by Crippen LogP contribution is 2.13. The molecule has 0 unspecified atom stereocenters. The summed E-state index contributed by atoms with van der Waals surface area (Å²) in [5.41, 5.74) is 1.83. The minimum Gasteiger partial charge on any atom is -0.377 e. The highest BCUT2D eigenvalue weighted by Gasteiger charge is 2.05. The van der Waals surface area contributed by atoms with E-state index in [4.69, 9.17) is 16.3 Å². The summed E-state index contributed by atoms with van der Waals surface area (Å²) >= 11 is 9.17. The first kappa shape index (κ1) is 16.2. The molecule has 0 radical (unpaired) electrons. The molecular formula is C17H16BrClO2. The van der Waals surface area contributed by atoms with Gasteiger partial charge in [0.1, 0.15) is 0 Å². The predicted octanol–water partition coefficient (Wildman–Crippen LogP) is 5.28. The van der Waals surface area contributed by atoms with Gasteiger partial charge in [-0.1, -0.05) is 51.8 Å². The van der Waals surface area contributed by atoms with Gasteiger partial charge in [0, 0.05) is 28.1 Å². The van der Waals surface area contributed by atoms with E-state index >= 15 is 0 Å². The van der Waals surface area contributed by atoms with Gasteiger partial charge in [-0.15, -0.1) is 0 Å². The lowest BCUT2D eigenvalue weighted by atomic mass is 10.1. The van der Waals surface area contributed by atoms with Crippen LogP contribution in [0.4, 0.5) is 0 Å². The zero-order chi connectivity index (χ0) is 15.1. The van der Waals surface area contributed by atoms with Gasteiger partial charge < -0.3 is 4.74 Å². The Labute approximate surface area is 138 Å². The standard InChI is InChI=1S/C17H16BrClO2/c18-15-7-5-14(6-8-15)17(20)2-1-11-21-12-13-3-9-16(19)10-4-13/h3-10H,1-2,11-12H2. The molecule has 0 amide bonds. The number of rotatable bonds is 7. The van der Waals surface area contributed by atoms with Crippen molar-refractivity contribution in [3.8, 4) is 0 Å². The molecule has 4 heteroatoms. The molecule has 0 N–H and O–H groups in total. The van der Waals surface area contributed by atoms with Crippen molar-refractivity contribution >= 4 is 33.3 Å². The molecule has 0 aliphatic rings. The summed E-state index contributed by atoms with van der Waals surface area (Å²) < 4.78 is 6.54. The van der Waals surface area contributed by atoms with E-state index in [0.29, 0.717) is 19.6 Å². The quantitative estimate of drug-likeness (QED) is 0.491. The monoisotopic (exact) mass is 366 g/mol. The molecule has 0 heterocycles. The second-order valence-electron chi connectivity index (χ2n) is 4.71. The maximum absolute atomic E-state index is 11.9. The Hall–Kier alpha value is -1.16. The zero-order valence-electron chi connectivity index (χ0n) is 11.5. The number of ether oxygens (including phenoxy) is 1. The fourth-order valence-corrected chi connectivity index (χ4v) is 2.28. The summed E-state index contributed by atoms with van der Waals surface area (Å²) in [5, 5.41) is 0.721. The Morgan fingerprint density at radius 2 is 1.71 bits per heavy atom. The second kappa shape index (κ2) is 8.32. The molecule has 0 saturated carbocycles. The first-order valence-corrected chi connectivity index (χ1v) is 7.93. The third-order valence-electron chi connectivity index (χ3n) is 3.04. The van der Waals surface area contributed by atoms with Crippen LogP contribution < -0.4 is 0 Å². The number of carbonyl (C=O) groups is 1. The summed E-state index contributed by atoms with van der Waals surface area (Å²) in [4.78, 5) is 11.9. The van der Waals surface area contributed by atoms with Crippen molar-refractivity contribution in [1.29, 1.82) is 0 Å². The van der Waals surface area contributed by atoms with Gasteiger partial charge in [0.15, 0.2) is 5.78 Å². The van der Waals surface area contributed by atoms with Crippen LogP contribution in [0.3, 0.4) is 0 Å². The van der Waals surface area contributed by atoms with Crippen molar-refractivity contribution in [2.24, 2.45) is 0 Å². The molecule has 21 heavy (non-hydrogen) atoms. The number of carbonyl (C=O) groups excluding carboxylic acids is 1. The topological polar surface area (TPSA) is 26.3 Å².